The summed E-state index contributed by atoms with van der Waals surface area (Å²) in [6.07, 6.45) is 2.92. The predicted octanol–water partition coefficient (Wildman–Crippen LogP) is 3.95. The van der Waals surface area contributed by atoms with E-state index in [9.17, 15) is 14.4 Å². The van der Waals surface area contributed by atoms with Crippen LogP contribution in [0, 0.1) is 17.8 Å². The lowest BCUT2D eigenvalue weighted by Gasteiger charge is -2.49. The quantitative estimate of drug-likeness (QED) is 0.558. The van der Waals surface area contributed by atoms with Crippen LogP contribution in [-0.4, -0.2) is 51.5 Å². The molecule has 2 heterocycles. The number of nitrogens with one attached hydrogen (secondary N) is 2. The maximum atomic E-state index is 13.9. The summed E-state index contributed by atoms with van der Waals surface area (Å²) in [5, 5.41) is 4.65. The van der Waals surface area contributed by atoms with E-state index in [1.54, 1.807) is 16.0 Å². The first-order valence-electron chi connectivity index (χ1n) is 13.5. The lowest BCUT2D eigenvalue weighted by Crippen LogP contribution is -2.66. The van der Waals surface area contributed by atoms with Gasteiger partial charge in [0.15, 0.2) is 6.29 Å². The largest absolute Gasteiger partial charge is 0.356 e. The zero-order valence-corrected chi connectivity index (χ0v) is 22.2. The number of benzene rings is 2. The Labute approximate surface area is 224 Å². The van der Waals surface area contributed by atoms with Gasteiger partial charge < -0.3 is 10.2 Å². The molecule has 2 saturated heterocycles. The Morgan fingerprint density at radius 3 is 2.45 bits per heavy atom. The van der Waals surface area contributed by atoms with Crippen LogP contribution in [0.15, 0.2) is 61.2 Å². The van der Waals surface area contributed by atoms with Gasteiger partial charge in [-0.15, -0.1) is 0 Å². The molecule has 4 atom stereocenters. The van der Waals surface area contributed by atoms with Crippen molar-refractivity contribution in [1.29, 1.82) is 0 Å². The highest BCUT2D eigenvalue weighted by atomic mass is 16.2. The lowest BCUT2D eigenvalue weighted by molar-refractivity contribution is -0.159. The first-order chi connectivity index (χ1) is 18.4. The van der Waals surface area contributed by atoms with Crippen LogP contribution in [0.2, 0.25) is 0 Å². The number of hydrazine groups is 1. The molecule has 5 rings (SSSR count). The minimum absolute atomic E-state index is 0.0200. The summed E-state index contributed by atoms with van der Waals surface area (Å²) in [6, 6.07) is 17.3. The Morgan fingerprint density at radius 1 is 1.05 bits per heavy atom. The van der Waals surface area contributed by atoms with Crippen LogP contribution in [0.25, 0.3) is 6.08 Å². The van der Waals surface area contributed by atoms with Crippen LogP contribution in [-0.2, 0) is 22.7 Å². The second-order valence-electron chi connectivity index (χ2n) is 11.0. The SMILES string of the molecule is C=Cc1ccc(CN2NC3N(Cc4ccccc4)C(=O)C4CCC(C(=O)NCC(C)C)CC4N3C2=O)cc1. The summed E-state index contributed by atoms with van der Waals surface area (Å²) in [6.45, 7) is 9.33. The minimum Gasteiger partial charge on any atom is -0.356 e. The van der Waals surface area contributed by atoms with E-state index >= 15 is 0 Å². The third-order valence-corrected chi connectivity index (χ3v) is 7.86. The topological polar surface area (TPSA) is 85.0 Å². The number of carbonyl (C=O) groups is 3. The lowest BCUT2D eigenvalue weighted by atomic mass is 9.75. The van der Waals surface area contributed by atoms with Gasteiger partial charge in [0, 0.05) is 25.0 Å². The van der Waals surface area contributed by atoms with Gasteiger partial charge in [-0.3, -0.25) is 19.5 Å². The Morgan fingerprint density at radius 2 is 1.76 bits per heavy atom. The van der Waals surface area contributed by atoms with Crippen molar-refractivity contribution in [3.05, 3.63) is 77.9 Å². The van der Waals surface area contributed by atoms with Crippen molar-refractivity contribution in [3.63, 3.8) is 0 Å². The van der Waals surface area contributed by atoms with E-state index < -0.39 is 6.29 Å². The number of nitrogens with zero attached hydrogens (tertiary/aromatic N) is 3. The highest BCUT2D eigenvalue weighted by Gasteiger charge is 2.56. The molecule has 3 aliphatic rings. The fourth-order valence-electron chi connectivity index (χ4n) is 5.81. The van der Waals surface area contributed by atoms with Crippen LogP contribution in [0.5, 0.6) is 0 Å². The molecule has 38 heavy (non-hydrogen) atoms. The minimum atomic E-state index is -0.596. The average Bonchev–Trinajstić information content (AvgIpc) is 3.25. The van der Waals surface area contributed by atoms with Crippen molar-refractivity contribution in [3.8, 4) is 0 Å². The van der Waals surface area contributed by atoms with Crippen molar-refractivity contribution in [2.24, 2.45) is 17.8 Å². The molecule has 4 amide bonds. The second-order valence-corrected chi connectivity index (χ2v) is 11.0. The van der Waals surface area contributed by atoms with Gasteiger partial charge in [-0.05, 0) is 41.9 Å². The van der Waals surface area contributed by atoms with E-state index in [0.717, 1.165) is 16.7 Å². The molecule has 8 nitrogen and oxygen atoms in total. The summed E-state index contributed by atoms with van der Waals surface area (Å²) in [4.78, 5) is 44.3. The molecule has 2 N–H and O–H groups in total. The highest BCUT2D eigenvalue weighted by molar-refractivity contribution is 5.87. The van der Waals surface area contributed by atoms with Gasteiger partial charge >= 0.3 is 6.03 Å². The van der Waals surface area contributed by atoms with Gasteiger partial charge in [-0.2, -0.15) is 5.43 Å². The predicted molar refractivity (Wildman–Crippen MR) is 146 cm³/mol. The molecule has 0 aromatic heterocycles. The molecular weight excluding hydrogens is 478 g/mol. The van der Waals surface area contributed by atoms with Crippen LogP contribution in [0.3, 0.4) is 0 Å². The van der Waals surface area contributed by atoms with E-state index in [4.69, 9.17) is 0 Å². The van der Waals surface area contributed by atoms with Crippen molar-refractivity contribution in [2.45, 2.75) is 58.5 Å². The van der Waals surface area contributed by atoms with Crippen molar-refractivity contribution in [2.75, 3.05) is 6.54 Å². The number of amides is 4. The van der Waals surface area contributed by atoms with Gasteiger partial charge in [-0.1, -0.05) is 81.1 Å². The van der Waals surface area contributed by atoms with Gasteiger partial charge in [0.25, 0.3) is 0 Å². The maximum absolute atomic E-state index is 13.9. The van der Waals surface area contributed by atoms with E-state index in [0.29, 0.717) is 44.8 Å². The van der Waals surface area contributed by atoms with Gasteiger partial charge in [0.1, 0.15) is 0 Å². The fraction of sp³-hybridized carbons (Fsp3) is 0.433. The number of hydrogen-bond acceptors (Lipinski definition) is 4. The zero-order valence-electron chi connectivity index (χ0n) is 22.2. The Balaban J connectivity index is 1.40. The third kappa shape index (κ3) is 5.18. The Hall–Kier alpha value is -3.65. The molecule has 1 aliphatic carbocycles. The molecule has 2 aromatic carbocycles. The summed E-state index contributed by atoms with van der Waals surface area (Å²) >= 11 is 0. The number of carbonyl (C=O) groups excluding carboxylic acids is 3. The summed E-state index contributed by atoms with van der Waals surface area (Å²) in [5.74, 6) is -0.106. The normalized spacial score (nSPS) is 24.9. The van der Waals surface area contributed by atoms with E-state index in [1.807, 2.05) is 59.5 Å². The molecule has 0 radical (unpaired) electrons. The molecule has 1 saturated carbocycles. The zero-order chi connectivity index (χ0) is 26.8. The molecular formula is C30H37N5O3. The summed E-state index contributed by atoms with van der Waals surface area (Å²) in [7, 11) is 0. The van der Waals surface area contributed by atoms with Crippen LogP contribution < -0.4 is 10.7 Å². The second kappa shape index (κ2) is 11.0. The Bertz CT molecular complexity index is 1180. The van der Waals surface area contributed by atoms with E-state index in [1.165, 1.54) is 0 Å². The molecule has 2 aromatic rings. The first-order valence-corrected chi connectivity index (χ1v) is 13.5. The monoisotopic (exact) mass is 515 g/mol. The molecule has 2 aliphatic heterocycles. The van der Waals surface area contributed by atoms with Crippen molar-refractivity contribution >= 4 is 23.9 Å². The Kier molecular flexibility index (Phi) is 7.51. The summed E-state index contributed by atoms with van der Waals surface area (Å²) < 4.78 is 0. The standard InChI is InChI=1S/C30H37N5O3/c1-4-21-10-12-23(13-11-21)19-34-30(38)35-26-16-24(27(36)31-17-20(2)3)14-15-25(26)28(37)33(29(35)32-34)18-22-8-6-5-7-9-22/h4-13,20,24-26,29,32H,1,14-19H2,2-3H3,(H,31,36). The number of urea groups is 1. The van der Waals surface area contributed by atoms with Crippen molar-refractivity contribution < 1.29 is 14.4 Å². The molecule has 8 heteroatoms. The van der Waals surface area contributed by atoms with E-state index in [2.05, 4.69) is 31.2 Å². The van der Waals surface area contributed by atoms with Crippen LogP contribution in [0.4, 0.5) is 4.79 Å². The van der Waals surface area contributed by atoms with Gasteiger partial charge in [0.2, 0.25) is 11.8 Å². The molecule has 4 unspecified atom stereocenters. The first kappa shape index (κ1) is 26.0. The number of rotatable bonds is 8. The molecule has 0 spiro atoms. The van der Waals surface area contributed by atoms with Gasteiger partial charge in [-0.25, -0.2) is 4.79 Å². The average molecular weight is 516 g/mol. The van der Waals surface area contributed by atoms with E-state index in [-0.39, 0.29) is 35.7 Å². The molecule has 3 fully saturated rings. The molecule has 200 valence electrons. The number of hydrogen-bond donors (Lipinski definition) is 2. The fourth-order valence-corrected chi connectivity index (χ4v) is 5.81. The highest BCUT2D eigenvalue weighted by Crippen LogP contribution is 2.41. The van der Waals surface area contributed by atoms with Crippen molar-refractivity contribution in [1.82, 2.24) is 25.6 Å². The summed E-state index contributed by atoms with van der Waals surface area (Å²) in [5.41, 5.74) is 6.33. The number of fused-ring (bicyclic) bond motifs is 3. The van der Waals surface area contributed by atoms with Crippen LogP contribution in [0.1, 0.15) is 49.8 Å². The molecule has 0 bridgehead atoms. The smallest absolute Gasteiger partial charge is 0.337 e. The van der Waals surface area contributed by atoms with Gasteiger partial charge in [0.05, 0.1) is 12.5 Å². The third-order valence-electron chi connectivity index (χ3n) is 7.86. The maximum Gasteiger partial charge on any atom is 0.337 e. The van der Waals surface area contributed by atoms with Crippen LogP contribution >= 0.6 is 0 Å².